The van der Waals surface area contributed by atoms with Crippen LogP contribution in [0, 0.1) is 11.8 Å². The first-order valence-corrected chi connectivity index (χ1v) is 37.7. The molecule has 6 aliphatic heterocycles. The number of methoxy groups -OCH3 is 3. The van der Waals surface area contributed by atoms with Crippen molar-refractivity contribution >= 4 is 35.8 Å². The first kappa shape index (κ1) is 90.3. The van der Waals surface area contributed by atoms with E-state index >= 15 is 0 Å². The van der Waals surface area contributed by atoms with E-state index in [-0.39, 0.29) is 54.1 Å². The molecule has 6 saturated heterocycles. The Morgan fingerprint density at radius 2 is 0.510 bits per heavy atom. The highest BCUT2D eigenvalue weighted by Crippen LogP contribution is 2.26. The van der Waals surface area contributed by atoms with Crippen molar-refractivity contribution < 1.29 is 143 Å². The first-order valence-electron chi connectivity index (χ1n) is 37.7. The summed E-state index contributed by atoms with van der Waals surface area (Å²) in [5.41, 5.74) is 0. The van der Waals surface area contributed by atoms with E-state index < -0.39 is 0 Å². The lowest BCUT2D eigenvalue weighted by molar-refractivity contribution is -0.908. The number of carbonyl (C=O) groups is 6. The van der Waals surface area contributed by atoms with Gasteiger partial charge in [-0.15, -0.1) is 0 Å². The van der Waals surface area contributed by atoms with Gasteiger partial charge in [-0.2, -0.15) is 0 Å². The SMILES string of the molecule is CCC(=O)OCC[NH+]1CCOCC1.COCCC(=O)OCC[NH+]1CCOCC1.COCCOCCC(=O)OCC[NH+]1CCOCC1.COCCOCCOCCC(=O)OCC[NH+]1CCOCC1.O=C(OCC[NH+]1CCOCC1)C1CCCC1.O=C(OCC[NH+]1CCOCC1)C1CCCCC1. The monoisotopic (exact) mass is 1440 g/mol. The average Bonchev–Trinajstić information content (AvgIpc) is 1.78. The van der Waals surface area contributed by atoms with Crippen LogP contribution in [0.4, 0.5) is 0 Å². The Balaban J connectivity index is 0.000000314. The van der Waals surface area contributed by atoms with E-state index in [9.17, 15) is 28.8 Å². The summed E-state index contributed by atoms with van der Waals surface area (Å²) in [6.45, 7) is 36.8. The molecule has 0 atom stereocenters. The van der Waals surface area contributed by atoms with Gasteiger partial charge in [0, 0.05) is 27.8 Å². The molecule has 100 heavy (non-hydrogen) atoms. The smallest absolute Gasteiger partial charge is 0.309 e. The molecular weight excluding hydrogens is 1310 g/mol. The summed E-state index contributed by atoms with van der Waals surface area (Å²) in [5, 5.41) is 0. The number of nitrogens with one attached hydrogen (secondary N) is 6. The van der Waals surface area contributed by atoms with E-state index in [0.29, 0.717) is 118 Å². The van der Waals surface area contributed by atoms with Crippen molar-refractivity contribution in [3.63, 3.8) is 0 Å². The molecule has 0 bridgehead atoms. The minimum atomic E-state index is -0.206. The Bertz CT molecular complexity index is 1970. The molecule has 0 unspecified atom stereocenters. The van der Waals surface area contributed by atoms with Crippen LogP contribution < -0.4 is 29.4 Å². The third-order valence-corrected chi connectivity index (χ3v) is 18.0. The quantitative estimate of drug-likeness (QED) is 0.0190. The van der Waals surface area contributed by atoms with Gasteiger partial charge < -0.3 is 115 Å². The van der Waals surface area contributed by atoms with Crippen LogP contribution in [0.5, 0.6) is 0 Å². The maximum Gasteiger partial charge on any atom is 0.309 e. The highest BCUT2D eigenvalue weighted by molar-refractivity contribution is 5.73. The summed E-state index contributed by atoms with van der Waals surface area (Å²) in [5.74, 6) is -0.231. The lowest BCUT2D eigenvalue weighted by atomic mass is 9.89. The number of hydrogen-bond donors (Lipinski definition) is 6. The topological polar surface area (TPSA) is 295 Å². The van der Waals surface area contributed by atoms with Gasteiger partial charge in [0.15, 0.2) is 0 Å². The molecule has 0 amide bonds. The molecule has 6 heterocycles. The maximum atomic E-state index is 11.8. The van der Waals surface area contributed by atoms with Gasteiger partial charge >= 0.3 is 35.8 Å². The highest BCUT2D eigenvalue weighted by Gasteiger charge is 2.26. The Labute approximate surface area is 596 Å². The van der Waals surface area contributed by atoms with Crippen molar-refractivity contribution in [1.82, 2.24) is 0 Å². The molecule has 30 nitrogen and oxygen atoms in total. The van der Waals surface area contributed by atoms with E-state index in [4.69, 9.17) is 85.3 Å². The zero-order valence-electron chi connectivity index (χ0n) is 62.0. The molecule has 8 rings (SSSR count). The Morgan fingerprint density at radius 3 is 0.780 bits per heavy atom. The molecule has 6 N–H and O–H groups in total. The van der Waals surface area contributed by atoms with Crippen molar-refractivity contribution in [3.8, 4) is 0 Å². The summed E-state index contributed by atoms with van der Waals surface area (Å²) in [4.78, 5) is 76.9. The maximum absolute atomic E-state index is 11.8. The number of quaternary nitrogens is 6. The highest BCUT2D eigenvalue weighted by atomic mass is 16.6. The molecule has 2 aliphatic carbocycles. The summed E-state index contributed by atoms with van der Waals surface area (Å²) in [7, 11) is 4.82. The van der Waals surface area contributed by atoms with Crippen molar-refractivity contribution in [2.75, 3.05) is 318 Å². The van der Waals surface area contributed by atoms with Gasteiger partial charge in [-0.1, -0.05) is 39.0 Å². The molecule has 0 spiro atoms. The zero-order valence-corrected chi connectivity index (χ0v) is 62.0. The molecule has 584 valence electrons. The van der Waals surface area contributed by atoms with E-state index in [0.717, 1.165) is 223 Å². The van der Waals surface area contributed by atoms with Gasteiger partial charge in [0.05, 0.1) is 170 Å². The summed E-state index contributed by atoms with van der Waals surface area (Å²) in [6.07, 6.45) is 11.6. The first-order chi connectivity index (χ1) is 49.0. The predicted octanol–water partition coefficient (Wildman–Crippen LogP) is -5.99. The number of rotatable bonds is 39. The normalized spacial score (nSPS) is 19.2. The molecule has 0 aromatic carbocycles. The molecule has 30 heteroatoms. The van der Waals surface area contributed by atoms with Crippen molar-refractivity contribution in [3.05, 3.63) is 0 Å². The van der Waals surface area contributed by atoms with Crippen LogP contribution in [0.2, 0.25) is 0 Å². The van der Waals surface area contributed by atoms with Crippen LogP contribution in [-0.4, -0.2) is 353 Å². The van der Waals surface area contributed by atoms with Gasteiger partial charge in [-0.3, -0.25) is 28.8 Å². The van der Waals surface area contributed by atoms with E-state index in [2.05, 4.69) is 0 Å². The molecule has 0 aromatic rings. The fourth-order valence-corrected chi connectivity index (χ4v) is 11.5. The van der Waals surface area contributed by atoms with E-state index in [1.807, 2.05) is 6.92 Å². The second kappa shape index (κ2) is 64.7. The lowest BCUT2D eigenvalue weighted by Crippen LogP contribution is -3.14. The van der Waals surface area contributed by atoms with Crippen molar-refractivity contribution in [2.24, 2.45) is 11.8 Å². The number of hydrogen-bond acceptors (Lipinski definition) is 24. The molecule has 0 radical (unpaired) electrons. The Kier molecular flexibility index (Phi) is 58.4. The second-order valence-corrected chi connectivity index (χ2v) is 25.6. The fourth-order valence-electron chi connectivity index (χ4n) is 11.5. The molecule has 8 fully saturated rings. The van der Waals surface area contributed by atoms with Crippen molar-refractivity contribution in [2.45, 2.75) is 90.4 Å². The minimum Gasteiger partial charge on any atom is -0.460 e. The minimum absolute atomic E-state index is 0.0326. The number of esters is 6. The lowest BCUT2D eigenvalue weighted by Gasteiger charge is -2.24. The summed E-state index contributed by atoms with van der Waals surface area (Å²) in [6, 6.07) is 0. The van der Waals surface area contributed by atoms with Crippen LogP contribution in [0.3, 0.4) is 0 Å². The fraction of sp³-hybridized carbons (Fsp3) is 0.914. The summed E-state index contributed by atoms with van der Waals surface area (Å²) >= 11 is 0. The Morgan fingerprint density at radius 1 is 0.280 bits per heavy atom. The summed E-state index contributed by atoms with van der Waals surface area (Å²) < 4.78 is 92.8. The molecular formula is C70H136N6O24+6. The van der Waals surface area contributed by atoms with Gasteiger partial charge in [-0.25, -0.2) is 0 Å². The molecule has 2 saturated carbocycles. The van der Waals surface area contributed by atoms with Crippen LogP contribution in [0.1, 0.15) is 90.4 Å². The largest absolute Gasteiger partial charge is 0.460 e. The van der Waals surface area contributed by atoms with Crippen LogP contribution in [0.15, 0.2) is 0 Å². The predicted molar refractivity (Wildman–Crippen MR) is 365 cm³/mol. The van der Waals surface area contributed by atoms with Crippen LogP contribution >= 0.6 is 0 Å². The van der Waals surface area contributed by atoms with E-state index in [1.54, 1.807) is 21.3 Å². The standard InChI is InChI=1S/C14H27NO6.C13H23NO3.C12H23NO5.C12H21NO3.C10H19NO4.C9H17NO3/c1-17-10-11-20-13-12-18-6-2-14(16)21-9-5-15-3-7-19-8-4-15;15-13(12-4-2-1-3-5-12)17-11-8-14-6-9-16-10-7-14;1-15-10-11-16-6-2-12(14)18-9-5-13-3-7-17-8-4-13;14-12(11-3-1-2-4-11)16-10-7-13-5-8-15-9-6-13;1-13-6-2-10(12)15-9-5-11-3-7-14-8-4-11;1-2-9(11)13-8-5-10-3-6-12-7-4-10/h2-13H2,1H3;12H,1-11H2;2-11H2,1H3;11H,1-10H2;2-9H2,1H3;2-8H2,1H3/p+6. The van der Waals surface area contributed by atoms with Crippen LogP contribution in [0.25, 0.3) is 0 Å². The average molecular weight is 1450 g/mol. The van der Waals surface area contributed by atoms with Gasteiger partial charge in [0.1, 0.15) is 157 Å². The van der Waals surface area contributed by atoms with Gasteiger partial charge in [-0.05, 0) is 25.7 Å². The number of morpholine rings is 6. The zero-order chi connectivity index (χ0) is 71.8. The van der Waals surface area contributed by atoms with Crippen LogP contribution in [-0.2, 0) is 114 Å². The Hall–Kier alpha value is -3.90. The third-order valence-electron chi connectivity index (χ3n) is 18.0. The van der Waals surface area contributed by atoms with E-state index in [1.165, 1.54) is 61.5 Å². The molecule has 8 aliphatic rings. The number of ether oxygens (including phenoxy) is 18. The number of carbonyl (C=O) groups excluding carboxylic acids is 6. The van der Waals surface area contributed by atoms with Crippen molar-refractivity contribution in [1.29, 1.82) is 0 Å². The van der Waals surface area contributed by atoms with Gasteiger partial charge in [0.25, 0.3) is 0 Å². The van der Waals surface area contributed by atoms with Gasteiger partial charge in [0.2, 0.25) is 0 Å². The second-order valence-electron chi connectivity index (χ2n) is 25.6. The molecule has 0 aromatic heterocycles. The third kappa shape index (κ3) is 51.3.